The number of aryl methyl sites for hydroxylation is 1. The van der Waals surface area contributed by atoms with E-state index < -0.39 is 0 Å². The first kappa shape index (κ1) is 16.9. The van der Waals surface area contributed by atoms with Gasteiger partial charge in [0.1, 0.15) is 11.6 Å². The first-order chi connectivity index (χ1) is 11.5. The Morgan fingerprint density at radius 3 is 2.67 bits per heavy atom. The summed E-state index contributed by atoms with van der Waals surface area (Å²) in [6.45, 7) is 5.42. The lowest BCUT2D eigenvalue weighted by atomic mass is 9.95. The van der Waals surface area contributed by atoms with Gasteiger partial charge in [0, 0.05) is 32.6 Å². The van der Waals surface area contributed by atoms with Crippen LogP contribution in [0.3, 0.4) is 0 Å². The number of benzene rings is 1. The zero-order valence-electron chi connectivity index (χ0n) is 14.6. The van der Waals surface area contributed by atoms with Crippen molar-refractivity contribution in [1.29, 1.82) is 0 Å². The minimum Gasteiger partial charge on any atom is -0.349 e. The largest absolute Gasteiger partial charge is 0.349 e. The van der Waals surface area contributed by atoms with E-state index >= 15 is 0 Å². The molecule has 1 aromatic carbocycles. The maximum absolute atomic E-state index is 13.4. The Hall–Kier alpha value is -1.95. The Kier molecular flexibility index (Phi) is 4.85. The summed E-state index contributed by atoms with van der Waals surface area (Å²) in [7, 11) is 3.63. The van der Waals surface area contributed by atoms with Crippen LogP contribution >= 0.6 is 0 Å². The number of imidazole rings is 1. The summed E-state index contributed by atoms with van der Waals surface area (Å²) in [4.78, 5) is 20.7. The van der Waals surface area contributed by atoms with Crippen molar-refractivity contribution in [3.63, 3.8) is 0 Å². The van der Waals surface area contributed by atoms with E-state index in [0.29, 0.717) is 5.52 Å². The SMILES string of the molecule is CCn1c(CN2CCC(C(=O)N(C)C)CC2)nc2cc(F)ccc21. The van der Waals surface area contributed by atoms with Crippen LogP contribution in [0.25, 0.3) is 11.0 Å². The molecule has 3 rings (SSSR count). The van der Waals surface area contributed by atoms with E-state index in [-0.39, 0.29) is 17.6 Å². The average Bonchev–Trinajstić information content (AvgIpc) is 2.90. The van der Waals surface area contributed by atoms with Gasteiger partial charge in [-0.3, -0.25) is 9.69 Å². The molecule has 0 spiro atoms. The predicted molar refractivity (Wildman–Crippen MR) is 92.1 cm³/mol. The van der Waals surface area contributed by atoms with Gasteiger partial charge in [0.15, 0.2) is 0 Å². The van der Waals surface area contributed by atoms with Gasteiger partial charge in [-0.15, -0.1) is 0 Å². The Morgan fingerprint density at radius 2 is 2.04 bits per heavy atom. The topological polar surface area (TPSA) is 41.4 Å². The fraction of sp³-hybridized carbons (Fsp3) is 0.556. The van der Waals surface area contributed by atoms with Crippen molar-refractivity contribution >= 4 is 16.9 Å². The van der Waals surface area contributed by atoms with Crippen LogP contribution in [-0.4, -0.2) is 52.4 Å². The van der Waals surface area contributed by atoms with Crippen molar-refractivity contribution < 1.29 is 9.18 Å². The van der Waals surface area contributed by atoms with Crippen molar-refractivity contribution in [1.82, 2.24) is 19.4 Å². The van der Waals surface area contributed by atoms with E-state index in [9.17, 15) is 9.18 Å². The molecule has 1 aromatic heterocycles. The zero-order valence-corrected chi connectivity index (χ0v) is 14.6. The molecule has 24 heavy (non-hydrogen) atoms. The van der Waals surface area contributed by atoms with Crippen LogP contribution in [0, 0.1) is 11.7 Å². The number of piperidine rings is 1. The van der Waals surface area contributed by atoms with Crippen molar-refractivity contribution in [3.8, 4) is 0 Å². The van der Waals surface area contributed by atoms with Crippen molar-refractivity contribution in [3.05, 3.63) is 29.8 Å². The number of amides is 1. The van der Waals surface area contributed by atoms with Crippen molar-refractivity contribution in [2.45, 2.75) is 32.9 Å². The van der Waals surface area contributed by atoms with Crippen molar-refractivity contribution in [2.75, 3.05) is 27.2 Å². The van der Waals surface area contributed by atoms with Crippen LogP contribution in [0.1, 0.15) is 25.6 Å². The second-order valence-electron chi connectivity index (χ2n) is 6.69. The molecule has 0 N–H and O–H groups in total. The van der Waals surface area contributed by atoms with E-state index in [1.807, 2.05) is 14.1 Å². The molecule has 0 unspecified atom stereocenters. The normalized spacial score (nSPS) is 16.7. The average molecular weight is 332 g/mol. The molecular formula is C18H25FN4O. The quantitative estimate of drug-likeness (QED) is 0.864. The molecule has 0 atom stereocenters. The van der Waals surface area contributed by atoms with Gasteiger partial charge in [0.2, 0.25) is 5.91 Å². The predicted octanol–water partition coefficient (Wildman–Crippen LogP) is 2.50. The first-order valence-electron chi connectivity index (χ1n) is 8.57. The van der Waals surface area contributed by atoms with Crippen LogP contribution in [0.15, 0.2) is 18.2 Å². The number of nitrogens with zero attached hydrogens (tertiary/aromatic N) is 4. The van der Waals surface area contributed by atoms with E-state index in [1.165, 1.54) is 12.1 Å². The molecule has 5 nitrogen and oxygen atoms in total. The summed E-state index contributed by atoms with van der Waals surface area (Å²) in [5.41, 5.74) is 1.69. The number of hydrogen-bond acceptors (Lipinski definition) is 3. The molecule has 1 fully saturated rings. The van der Waals surface area contributed by atoms with Gasteiger partial charge >= 0.3 is 0 Å². The monoisotopic (exact) mass is 332 g/mol. The smallest absolute Gasteiger partial charge is 0.225 e. The van der Waals surface area contributed by atoms with Crippen molar-refractivity contribution in [2.24, 2.45) is 5.92 Å². The molecule has 1 amide bonds. The minimum absolute atomic E-state index is 0.135. The van der Waals surface area contributed by atoms with Gasteiger partial charge < -0.3 is 9.47 Å². The van der Waals surface area contributed by atoms with E-state index in [4.69, 9.17) is 0 Å². The number of likely N-dealkylation sites (tertiary alicyclic amines) is 1. The van der Waals surface area contributed by atoms with Gasteiger partial charge in [-0.25, -0.2) is 9.37 Å². The molecule has 0 aliphatic carbocycles. The second-order valence-corrected chi connectivity index (χ2v) is 6.69. The maximum Gasteiger partial charge on any atom is 0.225 e. The third-order valence-electron chi connectivity index (χ3n) is 4.85. The van der Waals surface area contributed by atoms with E-state index in [2.05, 4.69) is 21.4 Å². The summed E-state index contributed by atoms with van der Waals surface area (Å²) < 4.78 is 15.6. The highest BCUT2D eigenvalue weighted by Crippen LogP contribution is 2.23. The standard InChI is InChI=1S/C18H25FN4O/c1-4-23-16-6-5-14(19)11-15(16)20-17(23)12-22-9-7-13(8-10-22)18(24)21(2)3/h5-6,11,13H,4,7-10,12H2,1-3H3. The van der Waals surface area contributed by atoms with E-state index in [1.54, 1.807) is 11.0 Å². The second kappa shape index (κ2) is 6.89. The van der Waals surface area contributed by atoms with Gasteiger partial charge in [-0.1, -0.05) is 0 Å². The number of rotatable bonds is 4. The van der Waals surface area contributed by atoms with Crippen LogP contribution in [0.2, 0.25) is 0 Å². The molecule has 0 radical (unpaired) electrons. The molecule has 2 aromatic rings. The molecule has 1 saturated heterocycles. The summed E-state index contributed by atoms with van der Waals surface area (Å²) >= 11 is 0. The molecule has 0 saturated carbocycles. The van der Waals surface area contributed by atoms with E-state index in [0.717, 1.165) is 50.4 Å². The molecule has 0 bridgehead atoms. The number of fused-ring (bicyclic) bond motifs is 1. The molecular weight excluding hydrogens is 307 g/mol. The molecule has 1 aliphatic rings. The fourth-order valence-corrected chi connectivity index (χ4v) is 3.53. The lowest BCUT2D eigenvalue weighted by Crippen LogP contribution is -2.40. The first-order valence-corrected chi connectivity index (χ1v) is 8.57. The Labute approximate surface area is 142 Å². The fourth-order valence-electron chi connectivity index (χ4n) is 3.53. The molecule has 130 valence electrons. The summed E-state index contributed by atoms with van der Waals surface area (Å²) in [6, 6.07) is 4.78. The third-order valence-corrected chi connectivity index (χ3v) is 4.85. The number of halogens is 1. The number of aromatic nitrogens is 2. The zero-order chi connectivity index (χ0) is 17.3. The Balaban J connectivity index is 1.71. The summed E-state index contributed by atoms with van der Waals surface area (Å²) in [5.74, 6) is 1.08. The highest BCUT2D eigenvalue weighted by Gasteiger charge is 2.26. The minimum atomic E-state index is -0.252. The number of hydrogen-bond donors (Lipinski definition) is 0. The Bertz CT molecular complexity index is 732. The lowest BCUT2D eigenvalue weighted by molar-refractivity contribution is -0.134. The molecule has 6 heteroatoms. The molecule has 2 heterocycles. The molecule has 1 aliphatic heterocycles. The van der Waals surface area contributed by atoms with Gasteiger partial charge in [-0.2, -0.15) is 0 Å². The van der Waals surface area contributed by atoms with Gasteiger partial charge in [0.25, 0.3) is 0 Å². The van der Waals surface area contributed by atoms with Crippen LogP contribution in [-0.2, 0) is 17.9 Å². The number of carbonyl (C=O) groups is 1. The van der Waals surface area contributed by atoms with Crippen LogP contribution in [0.4, 0.5) is 4.39 Å². The highest BCUT2D eigenvalue weighted by atomic mass is 19.1. The maximum atomic E-state index is 13.4. The van der Waals surface area contributed by atoms with Gasteiger partial charge in [-0.05, 0) is 45.0 Å². The number of carbonyl (C=O) groups excluding carboxylic acids is 1. The highest BCUT2D eigenvalue weighted by molar-refractivity contribution is 5.78. The van der Waals surface area contributed by atoms with Crippen LogP contribution < -0.4 is 0 Å². The summed E-state index contributed by atoms with van der Waals surface area (Å²) in [5, 5.41) is 0. The summed E-state index contributed by atoms with van der Waals surface area (Å²) in [6.07, 6.45) is 1.77. The van der Waals surface area contributed by atoms with Gasteiger partial charge in [0.05, 0.1) is 17.6 Å². The lowest BCUT2D eigenvalue weighted by Gasteiger charge is -2.32. The van der Waals surface area contributed by atoms with Crippen LogP contribution in [0.5, 0.6) is 0 Å². The Morgan fingerprint density at radius 1 is 1.33 bits per heavy atom. The third kappa shape index (κ3) is 3.29.